The summed E-state index contributed by atoms with van der Waals surface area (Å²) in [6.45, 7) is 4.68. The molecule has 7 nitrogen and oxygen atoms in total. The van der Waals surface area contributed by atoms with Gasteiger partial charge in [0.2, 0.25) is 17.7 Å². The zero-order valence-corrected chi connectivity index (χ0v) is 20.4. The third-order valence-corrected chi connectivity index (χ3v) is 8.40. The van der Waals surface area contributed by atoms with E-state index in [1.54, 1.807) is 0 Å². The van der Waals surface area contributed by atoms with Gasteiger partial charge in [-0.1, -0.05) is 42.5 Å². The number of likely N-dealkylation sites (tertiary alicyclic amines) is 1. The highest BCUT2D eigenvalue weighted by atomic mass is 32.1. The van der Waals surface area contributed by atoms with Gasteiger partial charge in [0.05, 0.1) is 17.5 Å². The molecule has 2 aliphatic carbocycles. The van der Waals surface area contributed by atoms with E-state index >= 15 is 0 Å². The fourth-order valence-corrected chi connectivity index (χ4v) is 6.67. The molecule has 6 rings (SSSR count). The van der Waals surface area contributed by atoms with Crippen LogP contribution in [0.1, 0.15) is 23.4 Å². The summed E-state index contributed by atoms with van der Waals surface area (Å²) in [7, 11) is 0. The van der Waals surface area contributed by atoms with E-state index in [0.717, 1.165) is 40.5 Å². The van der Waals surface area contributed by atoms with E-state index < -0.39 is 5.91 Å². The Kier molecular flexibility index (Phi) is 5.21. The predicted molar refractivity (Wildman–Crippen MR) is 134 cm³/mol. The van der Waals surface area contributed by atoms with E-state index in [-0.39, 0.29) is 42.0 Å². The molecule has 1 saturated carbocycles. The summed E-state index contributed by atoms with van der Waals surface area (Å²) in [5, 5.41) is 5.16. The topological polar surface area (TPSA) is 84.3 Å². The number of nitrogens with zero attached hydrogens (tertiary/aromatic N) is 3. The second kappa shape index (κ2) is 8.30. The van der Waals surface area contributed by atoms with Crippen LogP contribution < -0.4 is 5.32 Å². The number of nitrogens with one attached hydrogen (secondary N) is 1. The molecule has 2 fully saturated rings. The SMILES string of the molecule is Cc1cc(-c2csc(NC(=O)CN3C(=O)C4C5C=CC(C5)C4C3=O)n2)c(C)n1Cc1ccccc1. The number of allylic oxidation sites excluding steroid dienone is 2. The maximum atomic E-state index is 12.8. The number of carbonyl (C=O) groups is 3. The lowest BCUT2D eigenvalue weighted by Crippen LogP contribution is -2.39. The van der Waals surface area contributed by atoms with Crippen LogP contribution in [0.2, 0.25) is 0 Å². The summed E-state index contributed by atoms with van der Waals surface area (Å²) in [4.78, 5) is 44.2. The molecule has 3 amide bonds. The highest BCUT2D eigenvalue weighted by Crippen LogP contribution is 2.52. The summed E-state index contributed by atoms with van der Waals surface area (Å²) in [6.07, 6.45) is 4.98. The molecule has 3 aromatic rings. The molecule has 1 aromatic carbocycles. The quantitative estimate of drug-likeness (QED) is 0.421. The first kappa shape index (κ1) is 22.0. The van der Waals surface area contributed by atoms with Gasteiger partial charge in [-0.05, 0) is 43.7 Å². The van der Waals surface area contributed by atoms with E-state index in [1.807, 2.05) is 23.6 Å². The Morgan fingerprint density at radius 3 is 2.46 bits per heavy atom. The van der Waals surface area contributed by atoms with Gasteiger partial charge in [-0.3, -0.25) is 19.3 Å². The second-order valence-corrected chi connectivity index (χ2v) is 10.6. The molecule has 0 radical (unpaired) electrons. The van der Waals surface area contributed by atoms with Crippen LogP contribution >= 0.6 is 11.3 Å². The first-order valence-corrected chi connectivity index (χ1v) is 12.8. The molecule has 3 aliphatic rings. The van der Waals surface area contributed by atoms with Gasteiger partial charge in [-0.25, -0.2) is 4.98 Å². The maximum absolute atomic E-state index is 12.8. The van der Waals surface area contributed by atoms with Gasteiger partial charge in [-0.2, -0.15) is 0 Å². The molecular formula is C27H26N4O3S. The van der Waals surface area contributed by atoms with Crippen molar-refractivity contribution in [2.75, 3.05) is 11.9 Å². The monoisotopic (exact) mass is 486 g/mol. The van der Waals surface area contributed by atoms with Gasteiger partial charge in [0.1, 0.15) is 6.54 Å². The van der Waals surface area contributed by atoms with E-state index in [1.165, 1.54) is 16.9 Å². The Bertz CT molecular complexity index is 1340. The number of imide groups is 1. The normalized spacial score (nSPS) is 24.5. The van der Waals surface area contributed by atoms with E-state index in [4.69, 9.17) is 0 Å². The number of aromatic nitrogens is 2. The highest BCUT2D eigenvalue weighted by Gasteiger charge is 2.59. The Hall–Kier alpha value is -3.52. The maximum Gasteiger partial charge on any atom is 0.246 e. The summed E-state index contributed by atoms with van der Waals surface area (Å²) in [6, 6.07) is 12.4. The highest BCUT2D eigenvalue weighted by molar-refractivity contribution is 7.14. The van der Waals surface area contributed by atoms with Crippen molar-refractivity contribution in [1.29, 1.82) is 0 Å². The van der Waals surface area contributed by atoms with Gasteiger partial charge >= 0.3 is 0 Å². The molecule has 4 unspecified atom stereocenters. The number of amides is 3. The van der Waals surface area contributed by atoms with Crippen molar-refractivity contribution in [3.8, 4) is 11.3 Å². The lowest BCUT2D eigenvalue weighted by atomic mass is 9.85. The number of hydrogen-bond acceptors (Lipinski definition) is 5. The van der Waals surface area contributed by atoms with E-state index in [2.05, 4.69) is 59.1 Å². The van der Waals surface area contributed by atoms with Crippen molar-refractivity contribution in [3.63, 3.8) is 0 Å². The Balaban J connectivity index is 1.14. The fraction of sp³-hybridized carbons (Fsp3) is 0.333. The van der Waals surface area contributed by atoms with Gasteiger partial charge in [-0.15, -0.1) is 11.3 Å². The van der Waals surface area contributed by atoms with Crippen LogP contribution in [0, 0.1) is 37.5 Å². The third kappa shape index (κ3) is 3.63. The third-order valence-electron chi connectivity index (χ3n) is 7.65. The Labute approximate surface area is 207 Å². The summed E-state index contributed by atoms with van der Waals surface area (Å²) >= 11 is 1.34. The second-order valence-electron chi connectivity index (χ2n) is 9.71. The molecule has 1 saturated heterocycles. The standard InChI is InChI=1S/C27H26N4O3S/c1-15-10-20(16(2)30(15)12-17-6-4-3-5-7-17)21-14-35-27(28-21)29-22(32)13-31-25(33)23-18-8-9-19(11-18)24(23)26(31)34/h3-10,14,18-19,23-24H,11-13H2,1-2H3,(H,28,29,32). The average Bonchev–Trinajstić information content (AvgIpc) is 3.66. The molecule has 4 atom stereocenters. The molecule has 1 N–H and O–H groups in total. The van der Waals surface area contributed by atoms with Gasteiger partial charge in [0.25, 0.3) is 0 Å². The van der Waals surface area contributed by atoms with Crippen molar-refractivity contribution in [2.45, 2.75) is 26.8 Å². The molecule has 2 bridgehead atoms. The van der Waals surface area contributed by atoms with Crippen LogP contribution in [0.4, 0.5) is 5.13 Å². The number of rotatable bonds is 6. The molecule has 178 valence electrons. The van der Waals surface area contributed by atoms with Crippen molar-refractivity contribution >= 4 is 34.2 Å². The largest absolute Gasteiger partial charge is 0.344 e. The Morgan fingerprint density at radius 1 is 1.09 bits per heavy atom. The minimum Gasteiger partial charge on any atom is -0.344 e. The van der Waals surface area contributed by atoms with Crippen molar-refractivity contribution in [2.24, 2.45) is 23.7 Å². The molecular weight excluding hydrogens is 460 g/mol. The molecule has 2 aromatic heterocycles. The number of hydrogen-bond donors (Lipinski definition) is 1. The van der Waals surface area contributed by atoms with Crippen molar-refractivity contribution in [1.82, 2.24) is 14.5 Å². The molecule has 3 heterocycles. The van der Waals surface area contributed by atoms with Gasteiger partial charge < -0.3 is 9.88 Å². The zero-order chi connectivity index (χ0) is 24.3. The lowest BCUT2D eigenvalue weighted by Gasteiger charge is -2.16. The number of aryl methyl sites for hydroxylation is 1. The average molecular weight is 487 g/mol. The molecule has 8 heteroatoms. The summed E-state index contributed by atoms with van der Waals surface area (Å²) < 4.78 is 2.26. The number of thiazole rings is 1. The number of carbonyl (C=O) groups excluding carboxylic acids is 3. The fourth-order valence-electron chi connectivity index (χ4n) is 5.95. The number of fused-ring (bicyclic) bond motifs is 5. The van der Waals surface area contributed by atoms with Crippen LogP contribution in [-0.2, 0) is 20.9 Å². The summed E-state index contributed by atoms with van der Waals surface area (Å²) in [5.41, 5.74) is 5.29. The molecule has 1 aliphatic heterocycles. The predicted octanol–water partition coefficient (Wildman–Crippen LogP) is 4.02. The summed E-state index contributed by atoms with van der Waals surface area (Å²) in [5.74, 6) is -1.13. The first-order valence-electron chi connectivity index (χ1n) is 11.9. The lowest BCUT2D eigenvalue weighted by molar-refractivity contribution is -0.143. The minimum absolute atomic E-state index is 0.136. The minimum atomic E-state index is -0.401. The number of anilines is 1. The van der Waals surface area contributed by atoms with Crippen LogP contribution in [0.15, 0.2) is 53.9 Å². The van der Waals surface area contributed by atoms with E-state index in [0.29, 0.717) is 5.13 Å². The zero-order valence-electron chi connectivity index (χ0n) is 19.6. The van der Waals surface area contributed by atoms with Crippen molar-refractivity contribution < 1.29 is 14.4 Å². The Morgan fingerprint density at radius 2 is 1.77 bits per heavy atom. The van der Waals surface area contributed by atoms with Crippen LogP contribution in [-0.4, -0.2) is 38.7 Å². The van der Waals surface area contributed by atoms with Crippen LogP contribution in [0.25, 0.3) is 11.3 Å². The number of benzene rings is 1. The van der Waals surface area contributed by atoms with Gasteiger partial charge in [0, 0.05) is 28.9 Å². The van der Waals surface area contributed by atoms with E-state index in [9.17, 15) is 14.4 Å². The van der Waals surface area contributed by atoms with Crippen molar-refractivity contribution in [3.05, 3.63) is 70.9 Å². The first-order chi connectivity index (χ1) is 16.9. The van der Waals surface area contributed by atoms with Crippen LogP contribution in [0.3, 0.4) is 0 Å². The molecule has 35 heavy (non-hydrogen) atoms. The molecule has 0 spiro atoms. The van der Waals surface area contributed by atoms with Gasteiger partial charge in [0.15, 0.2) is 5.13 Å². The smallest absolute Gasteiger partial charge is 0.246 e. The van der Waals surface area contributed by atoms with Crippen LogP contribution in [0.5, 0.6) is 0 Å².